The third kappa shape index (κ3) is 5.48. The number of phenolic OH excluding ortho intramolecular Hbond substituents is 1. The van der Waals surface area contributed by atoms with Crippen LogP contribution in [0.1, 0.15) is 11.1 Å². The van der Waals surface area contributed by atoms with Gasteiger partial charge in [-0.25, -0.2) is 0 Å². The van der Waals surface area contributed by atoms with Gasteiger partial charge in [0.25, 0.3) is 0 Å². The van der Waals surface area contributed by atoms with Gasteiger partial charge in [0.2, 0.25) is 0 Å². The lowest BCUT2D eigenvalue weighted by atomic mass is 9.91. The van der Waals surface area contributed by atoms with Crippen molar-refractivity contribution in [1.29, 1.82) is 0 Å². The highest BCUT2D eigenvalue weighted by atomic mass is 16.5. The minimum atomic E-state index is 0.206. The number of ether oxygens (including phenoxy) is 1. The summed E-state index contributed by atoms with van der Waals surface area (Å²) < 4.78 is 5.87. The van der Waals surface area contributed by atoms with Gasteiger partial charge in [-0.15, -0.1) is 0 Å². The number of phenols is 1. The SMILES string of the molecule is COc1cc(C)ccc1N(c1ccc(-c2ccc(-c3cccc4ccccc34)cc2)c(-c2ccccc2)c1)c1ccc(C)cc1O. The van der Waals surface area contributed by atoms with Crippen LogP contribution in [0.2, 0.25) is 0 Å². The summed E-state index contributed by atoms with van der Waals surface area (Å²) in [5.74, 6) is 0.936. The molecule has 0 radical (unpaired) electrons. The minimum Gasteiger partial charge on any atom is -0.506 e. The zero-order valence-electron chi connectivity index (χ0n) is 26.2. The number of benzene rings is 7. The molecule has 7 aromatic carbocycles. The summed E-state index contributed by atoms with van der Waals surface area (Å²) in [5, 5.41) is 13.7. The Hall–Kier alpha value is -5.80. The fourth-order valence-corrected chi connectivity index (χ4v) is 6.29. The number of rotatable bonds is 7. The third-order valence-corrected chi connectivity index (χ3v) is 8.59. The fraction of sp³-hybridized carbons (Fsp3) is 0.0698. The molecule has 7 rings (SSSR count). The summed E-state index contributed by atoms with van der Waals surface area (Å²) in [6.07, 6.45) is 0. The van der Waals surface area contributed by atoms with Crippen molar-refractivity contribution in [3.05, 3.63) is 163 Å². The van der Waals surface area contributed by atoms with Crippen molar-refractivity contribution in [3.63, 3.8) is 0 Å². The van der Waals surface area contributed by atoms with E-state index in [4.69, 9.17) is 4.74 Å². The monoisotopic (exact) mass is 597 g/mol. The molecule has 0 atom stereocenters. The molecule has 0 aromatic heterocycles. The standard InChI is InChI=1S/C43H35NO2/c1-29-16-24-40(42(45)26-29)44(41-25-17-30(2)27-43(41)46-3)35-22-23-38(39(28-35)32-10-5-4-6-11-32)34-20-18-33(19-21-34)37-15-9-13-31-12-7-8-14-36(31)37/h4-28,45H,1-3H3. The molecule has 0 aliphatic rings. The summed E-state index contributed by atoms with van der Waals surface area (Å²) in [4.78, 5) is 2.08. The second kappa shape index (κ2) is 12.3. The molecule has 0 saturated carbocycles. The van der Waals surface area contributed by atoms with Crippen LogP contribution in [-0.2, 0) is 0 Å². The van der Waals surface area contributed by atoms with E-state index < -0.39 is 0 Å². The van der Waals surface area contributed by atoms with Gasteiger partial charge in [0.05, 0.1) is 18.5 Å². The number of aromatic hydroxyl groups is 1. The Bertz CT molecular complexity index is 2160. The lowest BCUT2D eigenvalue weighted by Gasteiger charge is -2.29. The average molecular weight is 598 g/mol. The van der Waals surface area contributed by atoms with E-state index >= 15 is 0 Å². The first-order valence-corrected chi connectivity index (χ1v) is 15.5. The Morgan fingerprint density at radius 3 is 1.87 bits per heavy atom. The minimum absolute atomic E-state index is 0.206. The normalized spacial score (nSPS) is 11.0. The van der Waals surface area contributed by atoms with Crippen molar-refractivity contribution in [2.24, 2.45) is 0 Å². The molecule has 0 heterocycles. The summed E-state index contributed by atoms with van der Waals surface area (Å²) in [5.41, 5.74) is 11.4. The van der Waals surface area contributed by atoms with Gasteiger partial charge in [-0.3, -0.25) is 0 Å². The second-order valence-corrected chi connectivity index (χ2v) is 11.7. The molecular weight excluding hydrogens is 562 g/mol. The van der Waals surface area contributed by atoms with Gasteiger partial charge in [0.1, 0.15) is 11.5 Å². The Balaban J connectivity index is 1.39. The van der Waals surface area contributed by atoms with E-state index in [1.54, 1.807) is 13.2 Å². The van der Waals surface area contributed by atoms with Crippen molar-refractivity contribution in [3.8, 4) is 44.9 Å². The molecule has 0 fully saturated rings. The van der Waals surface area contributed by atoms with Crippen molar-refractivity contribution in [2.75, 3.05) is 12.0 Å². The van der Waals surface area contributed by atoms with Crippen LogP contribution < -0.4 is 9.64 Å². The van der Waals surface area contributed by atoms with E-state index in [1.807, 2.05) is 38.1 Å². The molecule has 224 valence electrons. The van der Waals surface area contributed by atoms with E-state index in [9.17, 15) is 5.11 Å². The summed E-state index contributed by atoms with van der Waals surface area (Å²) in [7, 11) is 1.69. The highest BCUT2D eigenvalue weighted by molar-refractivity contribution is 5.97. The van der Waals surface area contributed by atoms with Crippen LogP contribution in [-0.4, -0.2) is 12.2 Å². The third-order valence-electron chi connectivity index (χ3n) is 8.59. The zero-order valence-corrected chi connectivity index (χ0v) is 26.2. The maximum Gasteiger partial charge on any atom is 0.143 e. The highest BCUT2D eigenvalue weighted by Gasteiger charge is 2.22. The number of hydrogen-bond acceptors (Lipinski definition) is 3. The Labute approximate surface area is 270 Å². The van der Waals surface area contributed by atoms with Crippen LogP contribution in [0.5, 0.6) is 11.5 Å². The molecule has 7 aromatic rings. The molecule has 0 bridgehead atoms. The van der Waals surface area contributed by atoms with Crippen LogP contribution in [0.4, 0.5) is 17.1 Å². The quantitative estimate of drug-likeness (QED) is 0.198. The molecule has 46 heavy (non-hydrogen) atoms. The molecule has 0 aliphatic carbocycles. The topological polar surface area (TPSA) is 32.7 Å². The van der Waals surface area contributed by atoms with Gasteiger partial charge < -0.3 is 14.7 Å². The first kappa shape index (κ1) is 28.9. The number of nitrogens with zero attached hydrogens (tertiary/aromatic N) is 1. The predicted octanol–water partition coefficient (Wildman–Crippen LogP) is 11.6. The molecular formula is C43H35NO2. The van der Waals surface area contributed by atoms with Gasteiger partial charge >= 0.3 is 0 Å². The van der Waals surface area contributed by atoms with Crippen LogP contribution in [0.15, 0.2) is 152 Å². The Morgan fingerprint density at radius 1 is 0.500 bits per heavy atom. The number of aryl methyl sites for hydroxylation is 2. The van der Waals surface area contributed by atoms with Gasteiger partial charge in [-0.2, -0.15) is 0 Å². The summed E-state index contributed by atoms with van der Waals surface area (Å²) in [6, 6.07) is 52.8. The van der Waals surface area contributed by atoms with Gasteiger partial charge in [-0.1, -0.05) is 115 Å². The molecule has 0 amide bonds. The van der Waals surface area contributed by atoms with Crippen LogP contribution >= 0.6 is 0 Å². The second-order valence-electron chi connectivity index (χ2n) is 11.7. The number of methoxy groups -OCH3 is 1. The molecule has 0 aliphatic heterocycles. The largest absolute Gasteiger partial charge is 0.506 e. The summed E-state index contributed by atoms with van der Waals surface area (Å²) in [6.45, 7) is 4.03. The fourth-order valence-electron chi connectivity index (χ4n) is 6.29. The first-order chi connectivity index (χ1) is 22.5. The van der Waals surface area contributed by atoms with Crippen molar-refractivity contribution >= 4 is 27.8 Å². The number of anilines is 3. The van der Waals surface area contributed by atoms with Crippen molar-refractivity contribution < 1.29 is 9.84 Å². The maximum absolute atomic E-state index is 11.2. The van der Waals surface area contributed by atoms with Crippen LogP contribution in [0.25, 0.3) is 44.2 Å². The first-order valence-electron chi connectivity index (χ1n) is 15.5. The van der Waals surface area contributed by atoms with Crippen LogP contribution in [0, 0.1) is 13.8 Å². The predicted molar refractivity (Wildman–Crippen MR) is 193 cm³/mol. The van der Waals surface area contributed by atoms with E-state index in [-0.39, 0.29) is 5.75 Å². The molecule has 0 unspecified atom stereocenters. The van der Waals surface area contributed by atoms with E-state index in [1.165, 1.54) is 21.9 Å². The molecule has 0 saturated heterocycles. The van der Waals surface area contributed by atoms with Gasteiger partial charge in [0.15, 0.2) is 0 Å². The molecule has 3 nitrogen and oxygen atoms in total. The molecule has 3 heteroatoms. The van der Waals surface area contributed by atoms with Crippen molar-refractivity contribution in [2.45, 2.75) is 13.8 Å². The van der Waals surface area contributed by atoms with Crippen LogP contribution in [0.3, 0.4) is 0 Å². The summed E-state index contributed by atoms with van der Waals surface area (Å²) >= 11 is 0. The Morgan fingerprint density at radius 2 is 1.13 bits per heavy atom. The van der Waals surface area contributed by atoms with Gasteiger partial charge in [0, 0.05) is 5.69 Å². The molecule has 0 spiro atoms. The van der Waals surface area contributed by atoms with E-state index in [0.717, 1.165) is 50.5 Å². The van der Waals surface area contributed by atoms with Gasteiger partial charge in [-0.05, 0) is 106 Å². The smallest absolute Gasteiger partial charge is 0.143 e. The number of hydrogen-bond donors (Lipinski definition) is 1. The lowest BCUT2D eigenvalue weighted by Crippen LogP contribution is -2.12. The zero-order chi connectivity index (χ0) is 31.6. The van der Waals surface area contributed by atoms with E-state index in [0.29, 0.717) is 5.69 Å². The average Bonchev–Trinajstić information content (AvgIpc) is 3.10. The van der Waals surface area contributed by atoms with Crippen molar-refractivity contribution in [1.82, 2.24) is 0 Å². The number of fused-ring (bicyclic) bond motifs is 1. The van der Waals surface area contributed by atoms with E-state index in [2.05, 4.69) is 126 Å². The maximum atomic E-state index is 11.2. The lowest BCUT2D eigenvalue weighted by molar-refractivity contribution is 0.415. The Kier molecular flexibility index (Phi) is 7.74. The highest BCUT2D eigenvalue weighted by Crippen LogP contribution is 2.46. The molecule has 1 N–H and O–H groups in total.